The summed E-state index contributed by atoms with van der Waals surface area (Å²) < 4.78 is 137. The molecule has 5 heterocycles. The van der Waals surface area contributed by atoms with E-state index < -0.39 is 60.1 Å². The lowest BCUT2D eigenvalue weighted by molar-refractivity contribution is 0.481. The van der Waals surface area contributed by atoms with Crippen LogP contribution in [0.5, 0.6) is 0 Å². The van der Waals surface area contributed by atoms with Crippen molar-refractivity contribution in [2.24, 2.45) is 0 Å². The van der Waals surface area contributed by atoms with Crippen LogP contribution in [0.15, 0.2) is 92.4 Å². The van der Waals surface area contributed by atoms with Gasteiger partial charge in [0.05, 0.1) is 19.6 Å². The molecule has 0 fully saturated rings. The summed E-state index contributed by atoms with van der Waals surface area (Å²) in [6, 6.07) is 14.7. The van der Waals surface area contributed by atoms with Crippen molar-refractivity contribution in [1.82, 2.24) is 39.9 Å². The van der Waals surface area contributed by atoms with E-state index in [1.165, 1.54) is 36.4 Å². The number of aromatic nitrogens is 8. The summed E-state index contributed by atoms with van der Waals surface area (Å²) in [4.78, 5) is 26.1. The van der Waals surface area contributed by atoms with Gasteiger partial charge in [-0.25, -0.2) is 9.97 Å². The molecular formula is C32H24N8O13S4. The number of rotatable bonds is 4. The van der Waals surface area contributed by atoms with E-state index >= 15 is 0 Å². The van der Waals surface area contributed by atoms with Crippen molar-refractivity contribution in [3.8, 4) is 0 Å². The van der Waals surface area contributed by atoms with Crippen LogP contribution in [0.2, 0.25) is 0 Å². The second kappa shape index (κ2) is 12.4. The minimum absolute atomic E-state index is 0. The van der Waals surface area contributed by atoms with E-state index in [0.29, 0.717) is 16.2 Å². The minimum atomic E-state index is -4.71. The van der Waals surface area contributed by atoms with Crippen LogP contribution in [0.25, 0.3) is 88.3 Å². The van der Waals surface area contributed by atoms with Crippen LogP contribution < -0.4 is 0 Å². The van der Waals surface area contributed by atoms with E-state index in [1.54, 1.807) is 0 Å². The highest BCUT2D eigenvalue weighted by molar-refractivity contribution is 7.86. The van der Waals surface area contributed by atoms with Gasteiger partial charge in [-0.1, -0.05) is 0 Å². The van der Waals surface area contributed by atoms with Crippen molar-refractivity contribution in [3.63, 3.8) is 0 Å². The Morgan fingerprint density at radius 1 is 0.333 bits per heavy atom. The second-order valence-corrected chi connectivity index (χ2v) is 18.3. The number of benzene rings is 4. The molecule has 0 atom stereocenters. The maximum absolute atomic E-state index is 12.2. The molecule has 0 saturated heterocycles. The van der Waals surface area contributed by atoms with Crippen molar-refractivity contribution in [2.75, 3.05) is 0 Å². The fourth-order valence-electron chi connectivity index (χ4n) is 6.62. The summed E-state index contributed by atoms with van der Waals surface area (Å²) in [6.45, 7) is 0. The van der Waals surface area contributed by atoms with Gasteiger partial charge in [0.25, 0.3) is 40.5 Å². The number of fused-ring (bicyclic) bond motifs is 20. The molecule has 9 aromatic rings. The molecule has 0 aliphatic heterocycles. The molecule has 0 amide bonds. The minimum Gasteiger partial charge on any atom is -0.412 e. The van der Waals surface area contributed by atoms with Crippen LogP contribution >= 0.6 is 0 Å². The average Bonchev–Trinajstić information content (AvgIpc) is 3.84. The standard InChI is InChI=1S/C32H22N8O12S4.H2O/c41-53(42,43)13-1-5-17-21(9-13)29-33-25(17)37-30-22-10-14(54(44,45)46)2-6-18(22)27(34-30)39-32-24-12-16(56(50,51)52)4-8-20(24)28(36-32)40-31-23-11-15(55(47,48)49)3-7-19(23)26(35-31)38-29;/h1-12,33-35,37-38H,(H,36,39,40)(H,41,42,43)(H,44,45,46)(H,47,48,49)(H,50,51,52);1H2. The Balaban J connectivity index is 0.00000455. The topological polar surface area (TPSA) is 369 Å². The van der Waals surface area contributed by atoms with Crippen LogP contribution in [0, 0.1) is 0 Å². The normalized spacial score (nSPS) is 13.0. The van der Waals surface area contributed by atoms with Gasteiger partial charge >= 0.3 is 0 Å². The van der Waals surface area contributed by atoms with Gasteiger partial charge in [0.15, 0.2) is 0 Å². The Hall–Kier alpha value is -6.16. The van der Waals surface area contributed by atoms with Gasteiger partial charge in [-0.05, 0) is 72.8 Å². The summed E-state index contributed by atoms with van der Waals surface area (Å²) in [5.74, 6) is 0. The Kier molecular flexibility index (Phi) is 8.22. The van der Waals surface area contributed by atoms with Crippen molar-refractivity contribution in [1.29, 1.82) is 0 Å². The molecule has 25 heteroatoms. The first-order chi connectivity index (χ1) is 26.2. The van der Waals surface area contributed by atoms with E-state index in [-0.39, 0.29) is 77.6 Å². The molecule has 294 valence electrons. The molecule has 8 bridgehead atoms. The van der Waals surface area contributed by atoms with Gasteiger partial charge in [0, 0.05) is 43.1 Å². The maximum atomic E-state index is 12.2. The van der Waals surface area contributed by atoms with Crippen LogP contribution in [-0.4, -0.2) is 97.2 Å². The summed E-state index contributed by atoms with van der Waals surface area (Å²) in [5.41, 5.74) is 0.801. The van der Waals surface area contributed by atoms with E-state index in [9.17, 15) is 51.9 Å². The van der Waals surface area contributed by atoms with Gasteiger partial charge in [0.1, 0.15) is 45.2 Å². The lowest BCUT2D eigenvalue weighted by atomic mass is 10.2. The Bertz CT molecular complexity index is 3330. The fraction of sp³-hybridized carbons (Fsp3) is 0. The number of hydrogen-bond acceptors (Lipinski definition) is 10. The van der Waals surface area contributed by atoms with E-state index in [1.807, 2.05) is 0 Å². The number of aromatic amines is 6. The zero-order valence-electron chi connectivity index (χ0n) is 28.0. The number of nitrogens with one attached hydrogen (secondary N) is 6. The lowest BCUT2D eigenvalue weighted by Gasteiger charge is -1.98. The molecule has 0 aliphatic rings. The zero-order valence-corrected chi connectivity index (χ0v) is 31.3. The highest BCUT2D eigenvalue weighted by Crippen LogP contribution is 2.32. The fourth-order valence-corrected chi connectivity index (χ4v) is 8.65. The monoisotopic (exact) mass is 856 g/mol. The summed E-state index contributed by atoms with van der Waals surface area (Å²) >= 11 is 0. The molecule has 12 N–H and O–H groups in total. The van der Waals surface area contributed by atoms with Crippen LogP contribution in [0.4, 0.5) is 0 Å². The lowest BCUT2D eigenvalue weighted by Crippen LogP contribution is -1.97. The average molecular weight is 857 g/mol. The van der Waals surface area contributed by atoms with Gasteiger partial charge in [0.2, 0.25) is 0 Å². The SMILES string of the molecule is O.O=S(=O)(O)c1ccc2c3nc4[nH]c([nH]c5[nH]c([nH]c6[nH]c(nc([nH]3)c2c1)c1ccc(S(=O)(=O)O)cc61)c1ccc(S(=O)(=O)O)cc51)c1ccc(S(=O)(=O)O)cc41. The van der Waals surface area contributed by atoms with Gasteiger partial charge < -0.3 is 35.4 Å². The molecule has 0 saturated carbocycles. The molecule has 9 rings (SSSR count). The van der Waals surface area contributed by atoms with E-state index in [2.05, 4.69) is 29.9 Å². The Morgan fingerprint density at radius 2 is 0.596 bits per heavy atom. The first-order valence-corrected chi connectivity index (χ1v) is 21.5. The molecule has 0 radical (unpaired) electrons. The molecule has 0 aliphatic carbocycles. The second-order valence-electron chi connectivity index (χ2n) is 12.6. The zero-order chi connectivity index (χ0) is 39.7. The molecule has 21 nitrogen and oxygen atoms in total. The van der Waals surface area contributed by atoms with Gasteiger partial charge in [-0.3, -0.25) is 18.2 Å². The molecule has 5 aromatic heterocycles. The van der Waals surface area contributed by atoms with Crippen LogP contribution in [0.1, 0.15) is 0 Å². The largest absolute Gasteiger partial charge is 0.412 e. The van der Waals surface area contributed by atoms with Gasteiger partial charge in [-0.2, -0.15) is 33.7 Å². The maximum Gasteiger partial charge on any atom is 0.294 e. The molecule has 0 spiro atoms. The number of hydrogen-bond donors (Lipinski definition) is 10. The highest BCUT2D eigenvalue weighted by Gasteiger charge is 2.19. The van der Waals surface area contributed by atoms with Crippen molar-refractivity contribution < 1.29 is 57.4 Å². The third kappa shape index (κ3) is 6.37. The summed E-state index contributed by atoms with van der Waals surface area (Å²) in [7, 11) is -18.8. The quantitative estimate of drug-likeness (QED) is 0.112. The molecular weight excluding hydrogens is 833 g/mol. The highest BCUT2D eigenvalue weighted by atomic mass is 32.2. The Morgan fingerprint density at radius 3 is 1.05 bits per heavy atom. The van der Waals surface area contributed by atoms with E-state index in [0.717, 1.165) is 36.4 Å². The van der Waals surface area contributed by atoms with Crippen molar-refractivity contribution >= 4 is 129 Å². The number of nitrogens with zero attached hydrogens (tertiary/aromatic N) is 2. The first kappa shape index (κ1) is 37.7. The summed E-state index contributed by atoms with van der Waals surface area (Å²) in [5, 5.41) is 2.00. The molecule has 4 aromatic carbocycles. The van der Waals surface area contributed by atoms with Crippen molar-refractivity contribution in [2.45, 2.75) is 19.6 Å². The predicted molar refractivity (Wildman–Crippen MR) is 206 cm³/mol. The third-order valence-corrected chi connectivity index (χ3v) is 12.6. The summed E-state index contributed by atoms with van der Waals surface area (Å²) in [6.07, 6.45) is 0. The smallest absolute Gasteiger partial charge is 0.294 e. The van der Waals surface area contributed by atoms with Crippen LogP contribution in [0.3, 0.4) is 0 Å². The first-order valence-electron chi connectivity index (χ1n) is 15.7. The third-order valence-electron chi connectivity index (χ3n) is 9.17. The number of H-pyrrole nitrogens is 6. The molecule has 0 unspecified atom stereocenters. The van der Waals surface area contributed by atoms with Crippen molar-refractivity contribution in [3.05, 3.63) is 72.8 Å². The predicted octanol–water partition coefficient (Wildman–Crippen LogP) is 4.08. The Labute approximate surface area is 317 Å². The molecule has 57 heavy (non-hydrogen) atoms. The van der Waals surface area contributed by atoms with Crippen LogP contribution in [-0.2, 0) is 40.5 Å². The van der Waals surface area contributed by atoms with E-state index in [4.69, 9.17) is 9.97 Å². The van der Waals surface area contributed by atoms with Gasteiger partial charge in [-0.15, -0.1) is 0 Å².